The zero-order valence-corrected chi connectivity index (χ0v) is 28.0. The number of methoxy groups -OCH3 is 1. The zero-order valence-electron chi connectivity index (χ0n) is 26.5. The van der Waals surface area contributed by atoms with Crippen molar-refractivity contribution < 1.29 is 27.5 Å². The lowest BCUT2D eigenvalue weighted by molar-refractivity contribution is -0.137. The first kappa shape index (κ1) is 36.1. The number of benzene rings is 2. The van der Waals surface area contributed by atoms with E-state index in [0.29, 0.717) is 72.7 Å². The van der Waals surface area contributed by atoms with Crippen LogP contribution in [0.5, 0.6) is 0 Å². The number of carbonyl (C=O) groups excluding carboxylic acids is 2. The van der Waals surface area contributed by atoms with Crippen molar-refractivity contribution in [2.75, 3.05) is 77.5 Å². The Kier molecular flexibility index (Phi) is 12.8. The van der Waals surface area contributed by atoms with Gasteiger partial charge in [0.2, 0.25) is 5.91 Å². The Morgan fingerprint density at radius 2 is 1.61 bits per heavy atom. The van der Waals surface area contributed by atoms with E-state index in [1.807, 2.05) is 11.8 Å². The lowest BCUT2D eigenvalue weighted by Crippen LogP contribution is -2.59. The third-order valence-corrected chi connectivity index (χ3v) is 9.13. The Morgan fingerprint density at radius 3 is 2.22 bits per heavy atom. The van der Waals surface area contributed by atoms with Crippen LogP contribution in [0.25, 0.3) is 0 Å². The molecule has 2 saturated heterocycles. The Bertz CT molecular complexity index is 1330. The molecule has 46 heavy (non-hydrogen) atoms. The van der Waals surface area contributed by atoms with Crippen molar-refractivity contribution in [3.63, 3.8) is 0 Å². The topological polar surface area (TPSA) is 80.4 Å². The van der Waals surface area contributed by atoms with Gasteiger partial charge in [0.1, 0.15) is 6.04 Å². The molecule has 1 unspecified atom stereocenters. The number of likely N-dealkylation sites (N-methyl/N-ethyl adjacent to an activating group) is 1. The normalized spacial score (nSPS) is 17.6. The van der Waals surface area contributed by atoms with Crippen LogP contribution in [0.2, 0.25) is 10.0 Å². The summed E-state index contributed by atoms with van der Waals surface area (Å²) < 4.78 is 45.9. The van der Waals surface area contributed by atoms with E-state index in [1.165, 1.54) is 12.1 Å². The first-order valence-electron chi connectivity index (χ1n) is 15.6. The second-order valence-corrected chi connectivity index (χ2v) is 12.6. The average Bonchev–Trinajstić information content (AvgIpc) is 3.04. The van der Waals surface area contributed by atoms with Gasteiger partial charge in [-0.2, -0.15) is 13.2 Å². The minimum atomic E-state index is -4.47. The molecule has 3 amide bonds. The van der Waals surface area contributed by atoms with Crippen molar-refractivity contribution in [1.29, 1.82) is 0 Å². The number of amides is 3. The number of nitrogens with one attached hydrogen (secondary N) is 2. The molecular formula is C32H43Cl2F3N6O3. The number of ether oxygens (including phenoxy) is 1. The van der Waals surface area contributed by atoms with Gasteiger partial charge in [0.25, 0.3) is 0 Å². The fraction of sp³-hybridized carbons (Fsp3) is 0.562. The van der Waals surface area contributed by atoms with Gasteiger partial charge in [-0.1, -0.05) is 36.2 Å². The van der Waals surface area contributed by atoms with Crippen molar-refractivity contribution in [2.24, 2.45) is 0 Å². The molecule has 2 fully saturated rings. The van der Waals surface area contributed by atoms with Gasteiger partial charge in [0.15, 0.2) is 0 Å². The molecule has 2 aliphatic rings. The maximum atomic E-state index is 14.0. The van der Waals surface area contributed by atoms with Crippen LogP contribution >= 0.6 is 23.2 Å². The van der Waals surface area contributed by atoms with Crippen LogP contribution in [0.15, 0.2) is 36.4 Å². The number of urea groups is 1. The molecule has 14 heteroatoms. The first-order valence-corrected chi connectivity index (χ1v) is 16.3. The zero-order chi connectivity index (χ0) is 33.4. The smallest absolute Gasteiger partial charge is 0.383 e. The molecule has 0 aliphatic carbocycles. The van der Waals surface area contributed by atoms with Crippen molar-refractivity contribution in [3.8, 4) is 0 Å². The molecular weight excluding hydrogens is 644 g/mol. The summed E-state index contributed by atoms with van der Waals surface area (Å²) >= 11 is 12.6. The van der Waals surface area contributed by atoms with Crippen LogP contribution in [0.3, 0.4) is 0 Å². The van der Waals surface area contributed by atoms with Crippen LogP contribution in [-0.4, -0.2) is 111 Å². The van der Waals surface area contributed by atoms with Gasteiger partial charge in [0.05, 0.1) is 12.2 Å². The van der Waals surface area contributed by atoms with Gasteiger partial charge in [-0.3, -0.25) is 4.79 Å². The number of carbonyl (C=O) groups is 2. The van der Waals surface area contributed by atoms with Gasteiger partial charge in [-0.05, 0) is 54.9 Å². The first-order chi connectivity index (χ1) is 21.9. The SMILES string of the molecule is CCN1CCN(C(=O)N[C@H](Cc2ccc(Cl)cc2Cl)C(=O)N2CCN(c3ccc(C(F)(F)F)cc3CNC(C)COC)CC2)CC1. The van der Waals surface area contributed by atoms with Crippen molar-refractivity contribution in [1.82, 2.24) is 25.3 Å². The molecule has 0 bridgehead atoms. The van der Waals surface area contributed by atoms with Crippen molar-refractivity contribution in [2.45, 2.75) is 45.1 Å². The van der Waals surface area contributed by atoms with E-state index in [-0.39, 0.29) is 30.9 Å². The molecule has 2 N–H and O–H groups in total. The van der Waals surface area contributed by atoms with Crippen LogP contribution in [-0.2, 0) is 28.7 Å². The summed E-state index contributed by atoms with van der Waals surface area (Å²) in [6.45, 7) is 9.70. The summed E-state index contributed by atoms with van der Waals surface area (Å²) in [6.07, 6.45) is -4.28. The minimum Gasteiger partial charge on any atom is -0.383 e. The molecule has 9 nitrogen and oxygen atoms in total. The number of alkyl halides is 3. The van der Waals surface area contributed by atoms with Gasteiger partial charge >= 0.3 is 12.2 Å². The highest BCUT2D eigenvalue weighted by Gasteiger charge is 2.34. The van der Waals surface area contributed by atoms with Crippen LogP contribution in [0, 0.1) is 0 Å². The number of hydrogen-bond donors (Lipinski definition) is 2. The maximum absolute atomic E-state index is 14.0. The predicted octanol–water partition coefficient (Wildman–Crippen LogP) is 4.74. The largest absolute Gasteiger partial charge is 0.416 e. The molecule has 2 aromatic carbocycles. The lowest BCUT2D eigenvalue weighted by atomic mass is 10.0. The summed E-state index contributed by atoms with van der Waals surface area (Å²) in [5.74, 6) is -0.242. The number of anilines is 1. The molecule has 4 rings (SSSR count). The average molecular weight is 688 g/mol. The van der Waals surface area contributed by atoms with Gasteiger partial charge in [-0.15, -0.1) is 0 Å². The second kappa shape index (κ2) is 16.4. The molecule has 2 aromatic rings. The molecule has 2 heterocycles. The van der Waals surface area contributed by atoms with E-state index >= 15 is 0 Å². The standard InChI is InChI=1S/C32H43Cl2F3N6O3/c1-4-40-9-11-43(12-10-40)31(45)39-28(18-23-5-7-26(33)19-27(23)34)30(44)42-15-13-41(14-16-42)29-8-6-25(32(35,36)37)17-24(29)20-38-22(2)21-46-3/h5-8,17,19,22,28,38H,4,9-16,18,20-21H2,1-3H3,(H,39,45)/t22?,28-/m1/s1. The molecule has 2 atom stereocenters. The number of piperazine rings is 2. The fourth-order valence-corrected chi connectivity index (χ4v) is 6.29. The van der Waals surface area contributed by atoms with Crippen LogP contribution < -0.4 is 15.5 Å². The summed E-state index contributed by atoms with van der Waals surface area (Å²) in [6, 6.07) is 7.61. The molecule has 2 aliphatic heterocycles. The summed E-state index contributed by atoms with van der Waals surface area (Å²) in [4.78, 5) is 34.9. The highest BCUT2D eigenvalue weighted by Crippen LogP contribution is 2.33. The Hall–Kier alpha value is -2.77. The third kappa shape index (κ3) is 9.63. The molecule has 254 valence electrons. The Morgan fingerprint density at radius 1 is 0.935 bits per heavy atom. The maximum Gasteiger partial charge on any atom is 0.416 e. The van der Waals surface area contributed by atoms with Crippen molar-refractivity contribution in [3.05, 3.63) is 63.1 Å². The highest BCUT2D eigenvalue weighted by molar-refractivity contribution is 6.35. The fourth-order valence-electron chi connectivity index (χ4n) is 5.81. The number of hydrogen-bond acceptors (Lipinski definition) is 6. The highest BCUT2D eigenvalue weighted by atomic mass is 35.5. The molecule has 0 saturated carbocycles. The number of nitrogens with zero attached hydrogens (tertiary/aromatic N) is 4. The number of rotatable bonds is 11. The van der Waals surface area contributed by atoms with Crippen molar-refractivity contribution >= 4 is 40.8 Å². The summed E-state index contributed by atoms with van der Waals surface area (Å²) in [5.41, 5.74) is 1.17. The molecule has 0 spiro atoms. The van der Waals surface area contributed by atoms with E-state index < -0.39 is 17.8 Å². The van der Waals surface area contributed by atoms with Gasteiger partial charge < -0.3 is 35.0 Å². The summed E-state index contributed by atoms with van der Waals surface area (Å²) in [5, 5.41) is 7.07. The Labute approximate surface area is 278 Å². The number of halogens is 5. The van der Waals surface area contributed by atoms with E-state index in [0.717, 1.165) is 25.7 Å². The molecule has 0 radical (unpaired) electrons. The van der Waals surface area contributed by atoms with Crippen LogP contribution in [0.1, 0.15) is 30.5 Å². The van der Waals surface area contributed by atoms with E-state index in [2.05, 4.69) is 22.5 Å². The molecule has 0 aromatic heterocycles. The monoisotopic (exact) mass is 686 g/mol. The third-order valence-electron chi connectivity index (χ3n) is 8.54. The van der Waals surface area contributed by atoms with Crippen LogP contribution in [0.4, 0.5) is 23.7 Å². The second-order valence-electron chi connectivity index (χ2n) is 11.8. The summed E-state index contributed by atoms with van der Waals surface area (Å²) in [7, 11) is 1.57. The van der Waals surface area contributed by atoms with E-state index in [4.69, 9.17) is 27.9 Å². The van der Waals surface area contributed by atoms with E-state index in [9.17, 15) is 22.8 Å². The quantitative estimate of drug-likeness (QED) is 0.356. The van der Waals surface area contributed by atoms with Gasteiger partial charge in [0, 0.05) is 94.2 Å². The lowest BCUT2D eigenvalue weighted by Gasteiger charge is -2.39. The van der Waals surface area contributed by atoms with E-state index in [1.54, 1.807) is 35.1 Å². The predicted molar refractivity (Wildman–Crippen MR) is 175 cm³/mol. The van der Waals surface area contributed by atoms with Gasteiger partial charge in [-0.25, -0.2) is 4.79 Å². The minimum absolute atomic E-state index is 0.0568. The Balaban J connectivity index is 1.48.